The molecule has 1 aromatic heterocycles. The van der Waals surface area contributed by atoms with E-state index < -0.39 is 0 Å². The largest absolute Gasteiger partial charge is 0.356 e. The maximum atomic E-state index is 12.6. The summed E-state index contributed by atoms with van der Waals surface area (Å²) < 4.78 is 1.59. The van der Waals surface area contributed by atoms with Gasteiger partial charge in [-0.1, -0.05) is 39.0 Å². The second-order valence-electron chi connectivity index (χ2n) is 6.22. The van der Waals surface area contributed by atoms with Gasteiger partial charge in [-0.3, -0.25) is 0 Å². The molecule has 0 radical (unpaired) electrons. The zero-order chi connectivity index (χ0) is 16.3. The first kappa shape index (κ1) is 16.2. The molecule has 5 heteroatoms. The Labute approximate surface area is 131 Å². The van der Waals surface area contributed by atoms with Crippen LogP contribution in [0, 0.1) is 0 Å². The van der Waals surface area contributed by atoms with Crippen LogP contribution in [0.15, 0.2) is 35.1 Å². The molecule has 0 aliphatic heterocycles. The lowest BCUT2D eigenvalue weighted by atomic mass is 9.96. The predicted octanol–water partition coefficient (Wildman–Crippen LogP) is 2.77. The Morgan fingerprint density at radius 1 is 1.05 bits per heavy atom. The zero-order valence-electron chi connectivity index (χ0n) is 14.0. The minimum absolute atomic E-state index is 0.267. The Morgan fingerprint density at radius 3 is 2.14 bits per heavy atom. The van der Waals surface area contributed by atoms with E-state index in [0.29, 0.717) is 11.8 Å². The minimum Gasteiger partial charge on any atom is -0.342 e. The quantitative estimate of drug-likeness (QED) is 0.871. The molecule has 0 fully saturated rings. The molecular weight excluding hydrogens is 276 g/mol. The van der Waals surface area contributed by atoms with E-state index in [0.717, 1.165) is 18.8 Å². The highest BCUT2D eigenvalue weighted by Gasteiger charge is 2.23. The molecule has 0 spiro atoms. The van der Waals surface area contributed by atoms with E-state index in [1.807, 2.05) is 51.1 Å². The second-order valence-corrected chi connectivity index (χ2v) is 6.22. The van der Waals surface area contributed by atoms with Crippen LogP contribution in [0.25, 0.3) is 5.69 Å². The summed E-state index contributed by atoms with van der Waals surface area (Å²) in [5.41, 5.74) is 0.236. The van der Waals surface area contributed by atoms with Gasteiger partial charge < -0.3 is 4.90 Å². The van der Waals surface area contributed by atoms with E-state index in [-0.39, 0.29) is 11.1 Å². The van der Waals surface area contributed by atoms with E-state index in [9.17, 15) is 4.79 Å². The number of benzene rings is 1. The van der Waals surface area contributed by atoms with Crippen LogP contribution in [-0.4, -0.2) is 27.6 Å². The normalized spacial score (nSPS) is 11.5. The van der Waals surface area contributed by atoms with Crippen molar-refractivity contribution >= 4 is 5.95 Å². The van der Waals surface area contributed by atoms with Gasteiger partial charge in [0.1, 0.15) is 5.82 Å². The van der Waals surface area contributed by atoms with Crippen molar-refractivity contribution in [3.05, 3.63) is 46.6 Å². The fraction of sp³-hybridized carbons (Fsp3) is 0.471. The van der Waals surface area contributed by atoms with E-state index in [4.69, 9.17) is 4.98 Å². The molecule has 0 aliphatic rings. The molecule has 0 amide bonds. The monoisotopic (exact) mass is 300 g/mol. The molecule has 2 rings (SSSR count). The molecule has 0 N–H and O–H groups in total. The van der Waals surface area contributed by atoms with Crippen LogP contribution in [0.2, 0.25) is 0 Å². The summed E-state index contributed by atoms with van der Waals surface area (Å²) >= 11 is 0. The molecule has 1 heterocycles. The van der Waals surface area contributed by atoms with Crippen LogP contribution >= 0.6 is 0 Å². The minimum atomic E-state index is -0.284. The van der Waals surface area contributed by atoms with Gasteiger partial charge in [-0.25, -0.2) is 9.36 Å². The molecular formula is C17H24N4O. The van der Waals surface area contributed by atoms with E-state index in [1.165, 1.54) is 0 Å². The third-order valence-electron chi connectivity index (χ3n) is 3.53. The van der Waals surface area contributed by atoms with Crippen molar-refractivity contribution in [1.82, 2.24) is 14.5 Å². The predicted molar refractivity (Wildman–Crippen MR) is 89.9 cm³/mol. The Kier molecular flexibility index (Phi) is 4.64. The van der Waals surface area contributed by atoms with Gasteiger partial charge in [0.05, 0.1) is 5.69 Å². The lowest BCUT2D eigenvalue weighted by Gasteiger charge is -2.26. The molecule has 118 valence electrons. The van der Waals surface area contributed by atoms with Crippen LogP contribution in [0.3, 0.4) is 0 Å². The number of para-hydroxylation sites is 1. The summed E-state index contributed by atoms with van der Waals surface area (Å²) in [6, 6.07) is 9.54. The molecule has 5 nitrogen and oxygen atoms in total. The number of aromatic nitrogens is 3. The summed E-state index contributed by atoms with van der Waals surface area (Å²) in [6.07, 6.45) is 0. The first-order chi connectivity index (χ1) is 10.4. The van der Waals surface area contributed by atoms with Crippen molar-refractivity contribution < 1.29 is 0 Å². The van der Waals surface area contributed by atoms with Crippen LogP contribution in [-0.2, 0) is 5.41 Å². The van der Waals surface area contributed by atoms with Crippen molar-refractivity contribution in [1.29, 1.82) is 0 Å². The first-order valence-corrected chi connectivity index (χ1v) is 7.70. The average molecular weight is 300 g/mol. The lowest BCUT2D eigenvalue weighted by Crippen LogP contribution is -2.36. The van der Waals surface area contributed by atoms with Crippen LogP contribution in [0.1, 0.15) is 40.4 Å². The number of nitrogens with zero attached hydrogens (tertiary/aromatic N) is 4. The summed E-state index contributed by atoms with van der Waals surface area (Å²) in [7, 11) is 0. The number of rotatable bonds is 4. The first-order valence-electron chi connectivity index (χ1n) is 7.70. The van der Waals surface area contributed by atoms with Crippen molar-refractivity contribution in [3.63, 3.8) is 0 Å². The van der Waals surface area contributed by atoms with Gasteiger partial charge in [-0.2, -0.15) is 9.97 Å². The molecule has 0 saturated carbocycles. The lowest BCUT2D eigenvalue weighted by molar-refractivity contribution is 0.531. The van der Waals surface area contributed by atoms with Gasteiger partial charge in [-0.15, -0.1) is 0 Å². The highest BCUT2D eigenvalue weighted by Crippen LogP contribution is 2.21. The van der Waals surface area contributed by atoms with Crippen molar-refractivity contribution in [2.45, 2.75) is 40.0 Å². The van der Waals surface area contributed by atoms with Crippen LogP contribution in [0.5, 0.6) is 0 Å². The SMILES string of the molecule is CCN(CC)c1nc(C(C)(C)C)nc(=O)n1-c1ccccc1. The summed E-state index contributed by atoms with van der Waals surface area (Å²) in [5, 5.41) is 0. The molecule has 2 aromatic rings. The molecule has 0 saturated heterocycles. The van der Waals surface area contributed by atoms with Crippen LogP contribution < -0.4 is 10.6 Å². The average Bonchev–Trinajstić information content (AvgIpc) is 2.48. The molecule has 22 heavy (non-hydrogen) atoms. The van der Waals surface area contributed by atoms with Crippen molar-refractivity contribution in [2.75, 3.05) is 18.0 Å². The van der Waals surface area contributed by atoms with Gasteiger partial charge in [0.2, 0.25) is 5.95 Å². The molecule has 0 aliphatic carbocycles. The third kappa shape index (κ3) is 3.18. The van der Waals surface area contributed by atoms with Crippen LogP contribution in [0.4, 0.5) is 5.95 Å². The summed E-state index contributed by atoms with van der Waals surface area (Å²) in [5.74, 6) is 1.23. The fourth-order valence-corrected chi connectivity index (χ4v) is 2.25. The van der Waals surface area contributed by atoms with E-state index >= 15 is 0 Å². The zero-order valence-corrected chi connectivity index (χ0v) is 14.0. The Balaban J connectivity index is 2.74. The Hall–Kier alpha value is -2.17. The van der Waals surface area contributed by atoms with Gasteiger partial charge in [0, 0.05) is 18.5 Å². The highest BCUT2D eigenvalue weighted by atomic mass is 16.1. The Morgan fingerprint density at radius 2 is 1.64 bits per heavy atom. The van der Waals surface area contributed by atoms with Gasteiger partial charge in [0.15, 0.2) is 0 Å². The molecule has 1 aromatic carbocycles. The fourth-order valence-electron chi connectivity index (χ4n) is 2.25. The summed E-state index contributed by atoms with van der Waals surface area (Å²) in [6.45, 7) is 11.7. The van der Waals surface area contributed by atoms with Crippen molar-refractivity contribution in [2.24, 2.45) is 0 Å². The smallest absolute Gasteiger partial charge is 0.342 e. The maximum Gasteiger partial charge on any atom is 0.356 e. The number of hydrogen-bond donors (Lipinski definition) is 0. The molecule has 0 unspecified atom stereocenters. The maximum absolute atomic E-state index is 12.6. The topological polar surface area (TPSA) is 51.0 Å². The standard InChI is InChI=1S/C17H24N4O/c1-6-20(7-2)15-18-14(17(3,4)5)19-16(22)21(15)13-11-9-8-10-12-13/h8-12H,6-7H2,1-5H3. The van der Waals surface area contributed by atoms with Gasteiger partial charge in [-0.05, 0) is 26.0 Å². The second kappa shape index (κ2) is 6.30. The highest BCUT2D eigenvalue weighted by molar-refractivity contribution is 5.42. The molecule has 0 bridgehead atoms. The molecule has 0 atom stereocenters. The van der Waals surface area contributed by atoms with Crippen molar-refractivity contribution in [3.8, 4) is 5.69 Å². The summed E-state index contributed by atoms with van der Waals surface area (Å²) in [4.78, 5) is 23.6. The number of hydrogen-bond acceptors (Lipinski definition) is 4. The third-order valence-corrected chi connectivity index (χ3v) is 3.53. The Bertz CT molecular complexity index is 682. The van der Waals surface area contributed by atoms with Gasteiger partial charge in [0.25, 0.3) is 0 Å². The van der Waals surface area contributed by atoms with Gasteiger partial charge >= 0.3 is 5.69 Å². The van der Waals surface area contributed by atoms with E-state index in [1.54, 1.807) is 4.57 Å². The van der Waals surface area contributed by atoms with E-state index in [2.05, 4.69) is 23.7 Å². The number of anilines is 1.